The molecular formula is C10H10BrFINO. The molecule has 2 nitrogen and oxygen atoms in total. The summed E-state index contributed by atoms with van der Waals surface area (Å²) in [4.78, 5) is 11.5. The molecule has 0 bridgehead atoms. The van der Waals surface area contributed by atoms with Crippen molar-refractivity contribution < 1.29 is 9.18 Å². The fraction of sp³-hybridized carbons (Fsp3) is 0.300. The van der Waals surface area contributed by atoms with Gasteiger partial charge in [-0.3, -0.25) is 4.79 Å². The lowest BCUT2D eigenvalue weighted by Gasteiger charge is -2.04. The maximum Gasteiger partial charge on any atom is 0.251 e. The molecule has 0 saturated carbocycles. The van der Waals surface area contributed by atoms with Gasteiger partial charge in [-0.05, 0) is 40.5 Å². The first kappa shape index (κ1) is 12.9. The molecule has 0 atom stereocenters. The molecular weight excluding hydrogens is 376 g/mol. The second kappa shape index (κ2) is 6.42. The van der Waals surface area contributed by atoms with Crippen molar-refractivity contribution >= 4 is 44.4 Å². The number of nitrogens with one attached hydrogen (secondary N) is 1. The number of alkyl halides is 1. The SMILES string of the molecule is O=C(NCCCI)c1ccc(F)c(Br)c1. The summed E-state index contributed by atoms with van der Waals surface area (Å²) in [7, 11) is 0. The molecule has 5 heteroatoms. The van der Waals surface area contributed by atoms with Crippen LogP contribution in [0.3, 0.4) is 0 Å². The Morgan fingerprint density at radius 2 is 2.27 bits per heavy atom. The van der Waals surface area contributed by atoms with Crippen molar-refractivity contribution in [3.8, 4) is 0 Å². The van der Waals surface area contributed by atoms with Gasteiger partial charge < -0.3 is 5.32 Å². The average molecular weight is 386 g/mol. The van der Waals surface area contributed by atoms with E-state index < -0.39 is 0 Å². The van der Waals surface area contributed by atoms with E-state index in [4.69, 9.17) is 0 Å². The van der Waals surface area contributed by atoms with Gasteiger partial charge in [0, 0.05) is 16.5 Å². The summed E-state index contributed by atoms with van der Waals surface area (Å²) in [5, 5.41) is 2.76. The molecule has 0 fully saturated rings. The maximum absolute atomic E-state index is 12.9. The Morgan fingerprint density at radius 3 is 2.87 bits per heavy atom. The summed E-state index contributed by atoms with van der Waals surface area (Å²) >= 11 is 5.29. The number of halogens is 3. The lowest BCUT2D eigenvalue weighted by Crippen LogP contribution is -2.24. The third-order valence-corrected chi connectivity index (χ3v) is 3.15. The Bertz CT molecular complexity index is 359. The summed E-state index contributed by atoms with van der Waals surface area (Å²) < 4.78 is 14.2. The first-order chi connectivity index (χ1) is 7.15. The van der Waals surface area contributed by atoms with Crippen LogP contribution in [-0.4, -0.2) is 16.9 Å². The zero-order chi connectivity index (χ0) is 11.3. The number of carbonyl (C=O) groups excluding carboxylic acids is 1. The van der Waals surface area contributed by atoms with Crippen LogP contribution in [0.5, 0.6) is 0 Å². The largest absolute Gasteiger partial charge is 0.352 e. The summed E-state index contributed by atoms with van der Waals surface area (Å²) in [5.41, 5.74) is 0.469. The van der Waals surface area contributed by atoms with Crippen molar-refractivity contribution in [1.82, 2.24) is 5.32 Å². The molecule has 1 N–H and O–H groups in total. The van der Waals surface area contributed by atoms with Gasteiger partial charge in [-0.15, -0.1) is 0 Å². The number of rotatable bonds is 4. The van der Waals surface area contributed by atoms with Gasteiger partial charge in [-0.2, -0.15) is 0 Å². The molecule has 0 spiro atoms. The number of amides is 1. The lowest BCUT2D eigenvalue weighted by molar-refractivity contribution is 0.0954. The van der Waals surface area contributed by atoms with E-state index in [0.717, 1.165) is 10.8 Å². The van der Waals surface area contributed by atoms with E-state index in [1.54, 1.807) is 0 Å². The van der Waals surface area contributed by atoms with Crippen LogP contribution in [0.25, 0.3) is 0 Å². The minimum absolute atomic E-state index is 0.166. The quantitative estimate of drug-likeness (QED) is 0.481. The monoisotopic (exact) mass is 385 g/mol. The topological polar surface area (TPSA) is 29.1 Å². The Morgan fingerprint density at radius 1 is 1.53 bits per heavy atom. The molecule has 0 aliphatic carbocycles. The third-order valence-electron chi connectivity index (χ3n) is 1.78. The van der Waals surface area contributed by atoms with Crippen molar-refractivity contribution in [1.29, 1.82) is 0 Å². The molecule has 0 unspecified atom stereocenters. The fourth-order valence-corrected chi connectivity index (χ4v) is 1.77. The molecule has 1 aromatic rings. The molecule has 0 saturated heterocycles. The molecule has 0 radical (unpaired) electrons. The van der Waals surface area contributed by atoms with E-state index in [9.17, 15) is 9.18 Å². The Hall–Kier alpha value is -0.170. The minimum atomic E-state index is -0.362. The van der Waals surface area contributed by atoms with Gasteiger partial charge in [0.05, 0.1) is 4.47 Å². The van der Waals surface area contributed by atoms with Gasteiger partial charge >= 0.3 is 0 Å². The lowest BCUT2D eigenvalue weighted by atomic mass is 10.2. The van der Waals surface area contributed by atoms with Crippen molar-refractivity contribution in [3.63, 3.8) is 0 Å². The van der Waals surface area contributed by atoms with E-state index in [1.807, 2.05) is 0 Å². The van der Waals surface area contributed by atoms with Crippen LogP contribution in [0, 0.1) is 5.82 Å². The predicted octanol–water partition coefficient (Wildman–Crippen LogP) is 3.14. The molecule has 82 valence electrons. The van der Waals surface area contributed by atoms with Crippen molar-refractivity contribution in [2.75, 3.05) is 11.0 Å². The summed E-state index contributed by atoms with van der Waals surface area (Å²) in [6, 6.07) is 4.23. The first-order valence-electron chi connectivity index (χ1n) is 4.44. The van der Waals surface area contributed by atoms with E-state index >= 15 is 0 Å². The summed E-state index contributed by atoms with van der Waals surface area (Å²) in [6.45, 7) is 0.650. The molecule has 0 heterocycles. The number of benzene rings is 1. The maximum atomic E-state index is 12.9. The second-order valence-electron chi connectivity index (χ2n) is 2.93. The summed E-state index contributed by atoms with van der Waals surface area (Å²) in [6.07, 6.45) is 0.939. The van der Waals surface area contributed by atoms with Gasteiger partial charge in [0.25, 0.3) is 5.91 Å². The highest BCUT2D eigenvalue weighted by molar-refractivity contribution is 14.1. The van der Waals surface area contributed by atoms with Crippen LogP contribution in [-0.2, 0) is 0 Å². The zero-order valence-corrected chi connectivity index (χ0v) is 11.6. The smallest absolute Gasteiger partial charge is 0.251 e. The number of hydrogen-bond acceptors (Lipinski definition) is 1. The van der Waals surface area contributed by atoms with Crippen LogP contribution in [0.4, 0.5) is 4.39 Å². The predicted molar refractivity (Wildman–Crippen MR) is 69.9 cm³/mol. The van der Waals surface area contributed by atoms with Gasteiger partial charge in [0.1, 0.15) is 5.82 Å². The molecule has 0 aliphatic rings. The van der Waals surface area contributed by atoms with Crippen molar-refractivity contribution in [2.24, 2.45) is 0 Å². The Balaban J connectivity index is 2.62. The van der Waals surface area contributed by atoms with Crippen LogP contribution >= 0.6 is 38.5 Å². The zero-order valence-electron chi connectivity index (χ0n) is 7.90. The van der Waals surface area contributed by atoms with Crippen molar-refractivity contribution in [2.45, 2.75) is 6.42 Å². The highest BCUT2D eigenvalue weighted by Crippen LogP contribution is 2.16. The Labute approximate surface area is 110 Å². The third kappa shape index (κ3) is 4.06. The molecule has 15 heavy (non-hydrogen) atoms. The molecule has 0 aromatic heterocycles. The first-order valence-corrected chi connectivity index (χ1v) is 6.76. The van der Waals surface area contributed by atoms with Crippen LogP contribution in [0.2, 0.25) is 0 Å². The molecule has 1 aromatic carbocycles. The standard InChI is InChI=1S/C10H10BrFINO/c11-8-6-7(2-3-9(8)12)10(15)14-5-1-4-13/h2-3,6H,1,4-5H2,(H,14,15). The van der Waals surface area contributed by atoms with Gasteiger partial charge in [-0.25, -0.2) is 4.39 Å². The van der Waals surface area contributed by atoms with E-state index in [-0.39, 0.29) is 11.7 Å². The molecule has 1 amide bonds. The van der Waals surface area contributed by atoms with Crippen LogP contribution < -0.4 is 5.32 Å². The molecule has 1 rings (SSSR count). The number of carbonyl (C=O) groups is 1. The normalized spacial score (nSPS) is 10.1. The fourth-order valence-electron chi connectivity index (χ4n) is 1.01. The van der Waals surface area contributed by atoms with Crippen molar-refractivity contribution in [3.05, 3.63) is 34.1 Å². The average Bonchev–Trinajstić information content (AvgIpc) is 2.22. The van der Waals surface area contributed by atoms with Gasteiger partial charge in [-0.1, -0.05) is 22.6 Å². The van der Waals surface area contributed by atoms with E-state index in [0.29, 0.717) is 16.6 Å². The summed E-state index contributed by atoms with van der Waals surface area (Å²) in [5.74, 6) is -0.528. The molecule has 0 aliphatic heterocycles. The van der Waals surface area contributed by atoms with E-state index in [1.165, 1.54) is 18.2 Å². The minimum Gasteiger partial charge on any atom is -0.352 e. The Kier molecular flexibility index (Phi) is 5.52. The van der Waals surface area contributed by atoms with Gasteiger partial charge in [0.2, 0.25) is 0 Å². The van der Waals surface area contributed by atoms with Crippen LogP contribution in [0.15, 0.2) is 22.7 Å². The number of hydrogen-bond donors (Lipinski definition) is 1. The van der Waals surface area contributed by atoms with Crippen LogP contribution in [0.1, 0.15) is 16.8 Å². The van der Waals surface area contributed by atoms with E-state index in [2.05, 4.69) is 43.8 Å². The second-order valence-corrected chi connectivity index (χ2v) is 4.86. The highest BCUT2D eigenvalue weighted by atomic mass is 127. The highest BCUT2D eigenvalue weighted by Gasteiger charge is 2.07. The van der Waals surface area contributed by atoms with Gasteiger partial charge in [0.15, 0.2) is 0 Å².